The van der Waals surface area contributed by atoms with E-state index in [-0.39, 0.29) is 11.9 Å². The number of hydrogen-bond acceptors (Lipinski definition) is 4. The van der Waals surface area contributed by atoms with Crippen LogP contribution in [-0.4, -0.2) is 15.9 Å². The van der Waals surface area contributed by atoms with Gasteiger partial charge in [0.2, 0.25) is 0 Å². The lowest BCUT2D eigenvalue weighted by atomic mass is 9.92. The molecule has 2 rings (SSSR count). The van der Waals surface area contributed by atoms with Gasteiger partial charge in [-0.3, -0.25) is 0 Å². The third kappa shape index (κ3) is 9.34. The quantitative estimate of drug-likeness (QED) is 0.196. The normalized spacial score (nSPS) is 12.2. The highest BCUT2D eigenvalue weighted by molar-refractivity contribution is 5.83. The Labute approximate surface area is 181 Å². The number of carbonyl (C=O) groups excluding carboxylic acids is 1. The molecule has 0 fully saturated rings. The second-order valence-corrected chi connectivity index (χ2v) is 7.83. The van der Waals surface area contributed by atoms with Crippen LogP contribution in [0.4, 0.5) is 0 Å². The van der Waals surface area contributed by atoms with Crippen molar-refractivity contribution in [2.45, 2.75) is 84.0 Å². The van der Waals surface area contributed by atoms with E-state index in [9.17, 15) is 4.79 Å². The van der Waals surface area contributed by atoms with Gasteiger partial charge in [0.25, 0.3) is 0 Å². The highest BCUT2D eigenvalue weighted by Crippen LogP contribution is 2.24. The molecule has 162 valence electrons. The van der Waals surface area contributed by atoms with Crippen LogP contribution in [0.2, 0.25) is 0 Å². The Bertz CT molecular complexity index is 741. The second kappa shape index (κ2) is 14.5. The van der Waals surface area contributed by atoms with Crippen molar-refractivity contribution in [1.29, 1.82) is 0 Å². The van der Waals surface area contributed by atoms with Gasteiger partial charge in [0.15, 0.2) is 0 Å². The molecule has 0 aliphatic heterocycles. The van der Waals surface area contributed by atoms with E-state index < -0.39 is 5.97 Å². The van der Waals surface area contributed by atoms with Crippen LogP contribution < -0.4 is 4.74 Å². The number of ether oxygens (including phenoxy) is 1. The van der Waals surface area contributed by atoms with E-state index >= 15 is 0 Å². The Balaban J connectivity index is 1.88. The molecule has 0 bridgehead atoms. The summed E-state index contributed by atoms with van der Waals surface area (Å²) in [5, 5.41) is 0. The van der Waals surface area contributed by atoms with E-state index in [4.69, 9.17) is 4.74 Å². The van der Waals surface area contributed by atoms with Gasteiger partial charge in [0.1, 0.15) is 0 Å². The minimum atomic E-state index is -0.430. The molecule has 2 aromatic rings. The maximum Gasteiger partial charge on any atom is 0.338 e. The number of aromatic nitrogens is 2. The van der Waals surface area contributed by atoms with Crippen molar-refractivity contribution in [3.05, 3.63) is 66.0 Å². The fraction of sp³-hybridized carbons (Fsp3) is 0.500. The standard InChI is InChI=1S/C26H36N2O2/c1-3-5-7-10-14-22-20-27-26(28-21-22)30-25(29)19-18-24(17-11-8-6-4-2)23-15-12-9-13-16-23/h9,12-13,15-16,18-21,24H,3-8,10-11,14,17H2,1-2H3/b19-18+. The Kier molecular flexibility index (Phi) is 11.5. The zero-order chi connectivity index (χ0) is 21.4. The van der Waals surface area contributed by atoms with Crippen molar-refractivity contribution >= 4 is 5.97 Å². The van der Waals surface area contributed by atoms with Crippen LogP contribution in [0, 0.1) is 0 Å². The topological polar surface area (TPSA) is 52.1 Å². The summed E-state index contributed by atoms with van der Waals surface area (Å²) in [5.74, 6) is -0.220. The number of benzene rings is 1. The average molecular weight is 409 g/mol. The maximum absolute atomic E-state index is 12.3. The van der Waals surface area contributed by atoms with Gasteiger partial charge in [0, 0.05) is 24.4 Å². The Morgan fingerprint density at radius 3 is 2.27 bits per heavy atom. The van der Waals surface area contributed by atoms with Crippen LogP contribution in [-0.2, 0) is 11.2 Å². The maximum atomic E-state index is 12.3. The number of nitrogens with zero attached hydrogens (tertiary/aromatic N) is 2. The molecule has 0 amide bonds. The van der Waals surface area contributed by atoms with E-state index in [0.717, 1.165) is 31.2 Å². The zero-order valence-electron chi connectivity index (χ0n) is 18.6. The van der Waals surface area contributed by atoms with E-state index in [1.807, 2.05) is 24.3 Å². The molecule has 1 unspecified atom stereocenters. The number of rotatable bonds is 14. The summed E-state index contributed by atoms with van der Waals surface area (Å²) >= 11 is 0. The van der Waals surface area contributed by atoms with Gasteiger partial charge in [-0.15, -0.1) is 0 Å². The second-order valence-electron chi connectivity index (χ2n) is 7.83. The third-order valence-corrected chi connectivity index (χ3v) is 5.25. The molecule has 1 heterocycles. The fourth-order valence-electron chi connectivity index (χ4n) is 3.46. The van der Waals surface area contributed by atoms with Crippen LogP contribution in [0.5, 0.6) is 6.01 Å². The highest BCUT2D eigenvalue weighted by atomic mass is 16.5. The number of aryl methyl sites for hydroxylation is 1. The van der Waals surface area contributed by atoms with E-state index in [2.05, 4.69) is 35.9 Å². The molecule has 4 nitrogen and oxygen atoms in total. The van der Waals surface area contributed by atoms with Crippen LogP contribution in [0.25, 0.3) is 0 Å². The van der Waals surface area contributed by atoms with Crippen molar-refractivity contribution in [2.24, 2.45) is 0 Å². The van der Waals surface area contributed by atoms with E-state index in [1.165, 1.54) is 50.2 Å². The third-order valence-electron chi connectivity index (χ3n) is 5.25. The van der Waals surface area contributed by atoms with Crippen LogP contribution in [0.1, 0.15) is 88.7 Å². The molecule has 4 heteroatoms. The monoisotopic (exact) mass is 408 g/mol. The van der Waals surface area contributed by atoms with Crippen molar-refractivity contribution in [3.8, 4) is 6.01 Å². The summed E-state index contributed by atoms with van der Waals surface area (Å²) in [6.07, 6.45) is 18.6. The van der Waals surface area contributed by atoms with Gasteiger partial charge in [-0.05, 0) is 30.4 Å². The molecule has 0 saturated heterocycles. The summed E-state index contributed by atoms with van der Waals surface area (Å²) in [4.78, 5) is 20.6. The molecular formula is C26H36N2O2. The van der Waals surface area contributed by atoms with Crippen molar-refractivity contribution in [3.63, 3.8) is 0 Å². The summed E-state index contributed by atoms with van der Waals surface area (Å²) in [5.41, 5.74) is 2.30. The summed E-state index contributed by atoms with van der Waals surface area (Å²) < 4.78 is 5.29. The van der Waals surface area contributed by atoms with Gasteiger partial charge in [-0.1, -0.05) is 95.2 Å². The van der Waals surface area contributed by atoms with Crippen molar-refractivity contribution < 1.29 is 9.53 Å². The van der Waals surface area contributed by atoms with Gasteiger partial charge in [-0.25, -0.2) is 14.8 Å². The minimum Gasteiger partial charge on any atom is -0.388 e. The van der Waals surface area contributed by atoms with Crippen LogP contribution in [0.15, 0.2) is 54.9 Å². The number of carbonyl (C=O) groups is 1. The molecule has 0 saturated carbocycles. The number of allylic oxidation sites excluding steroid dienone is 1. The first kappa shape index (κ1) is 23.8. The molecule has 0 aliphatic carbocycles. The Hall–Kier alpha value is -2.49. The van der Waals surface area contributed by atoms with Crippen LogP contribution in [0.3, 0.4) is 0 Å². The van der Waals surface area contributed by atoms with Gasteiger partial charge in [-0.2, -0.15) is 0 Å². The summed E-state index contributed by atoms with van der Waals surface area (Å²) in [6.45, 7) is 4.42. The first-order valence-electron chi connectivity index (χ1n) is 11.5. The molecule has 0 N–H and O–H groups in total. The predicted molar refractivity (Wildman–Crippen MR) is 123 cm³/mol. The lowest BCUT2D eigenvalue weighted by molar-refractivity contribution is -0.129. The first-order valence-corrected chi connectivity index (χ1v) is 11.5. The smallest absolute Gasteiger partial charge is 0.338 e. The number of esters is 1. The summed E-state index contributed by atoms with van der Waals surface area (Å²) in [7, 11) is 0. The Morgan fingerprint density at radius 1 is 0.933 bits per heavy atom. The molecule has 1 aromatic heterocycles. The first-order chi connectivity index (χ1) is 14.7. The minimum absolute atomic E-state index is 0.112. The fourth-order valence-corrected chi connectivity index (χ4v) is 3.46. The molecule has 0 radical (unpaired) electrons. The molecule has 1 atom stereocenters. The van der Waals surface area contributed by atoms with Gasteiger partial charge in [0.05, 0.1) is 0 Å². The van der Waals surface area contributed by atoms with Gasteiger partial charge < -0.3 is 4.74 Å². The van der Waals surface area contributed by atoms with Crippen molar-refractivity contribution in [2.75, 3.05) is 0 Å². The average Bonchev–Trinajstić information content (AvgIpc) is 2.78. The molecule has 1 aromatic carbocycles. The van der Waals surface area contributed by atoms with Crippen LogP contribution >= 0.6 is 0 Å². The lowest BCUT2D eigenvalue weighted by Crippen LogP contribution is -2.08. The molecular weight excluding hydrogens is 372 g/mol. The van der Waals surface area contributed by atoms with E-state index in [0.29, 0.717) is 0 Å². The Morgan fingerprint density at radius 2 is 1.60 bits per heavy atom. The summed E-state index contributed by atoms with van der Waals surface area (Å²) in [6, 6.07) is 10.4. The SMILES string of the molecule is CCCCCCc1cnc(OC(=O)/C=C/C(CCCCCC)c2ccccc2)nc1. The molecule has 30 heavy (non-hydrogen) atoms. The zero-order valence-corrected chi connectivity index (χ0v) is 18.6. The lowest BCUT2D eigenvalue weighted by Gasteiger charge is -2.13. The van der Waals surface area contributed by atoms with E-state index in [1.54, 1.807) is 12.4 Å². The van der Waals surface area contributed by atoms with Crippen molar-refractivity contribution in [1.82, 2.24) is 9.97 Å². The molecule has 0 aliphatic rings. The largest absolute Gasteiger partial charge is 0.388 e. The predicted octanol–water partition coefficient (Wildman–Crippen LogP) is 6.82. The number of hydrogen-bond donors (Lipinski definition) is 0. The number of unbranched alkanes of at least 4 members (excludes halogenated alkanes) is 6. The highest BCUT2D eigenvalue weighted by Gasteiger charge is 2.10. The molecule has 0 spiro atoms. The van der Waals surface area contributed by atoms with Gasteiger partial charge >= 0.3 is 12.0 Å².